The minimum absolute atomic E-state index is 0.00823. The minimum atomic E-state index is 0.00823. The average molecular weight is 265 g/mol. The van der Waals surface area contributed by atoms with E-state index in [9.17, 15) is 0 Å². The molecule has 0 aliphatic carbocycles. The number of nitrogens with zero attached hydrogens (tertiary/aromatic N) is 4. The molecule has 1 atom stereocenters. The number of hydrogen-bond acceptors (Lipinski definition) is 5. The first kappa shape index (κ1) is 13.2. The molecule has 0 radical (unpaired) electrons. The number of thiazole rings is 1. The first-order valence-electron chi connectivity index (χ1n) is 6.25. The first-order chi connectivity index (χ1) is 8.70. The van der Waals surface area contributed by atoms with Crippen LogP contribution in [0.5, 0.6) is 0 Å². The Morgan fingerprint density at radius 1 is 1.50 bits per heavy atom. The van der Waals surface area contributed by atoms with E-state index in [1.165, 1.54) is 4.88 Å². The average Bonchev–Trinajstić information content (AvgIpc) is 2.96. The summed E-state index contributed by atoms with van der Waals surface area (Å²) in [6, 6.07) is 0.00823. The van der Waals surface area contributed by atoms with Gasteiger partial charge in [-0.15, -0.1) is 16.4 Å². The number of hydrogen-bond donors (Lipinski definition) is 1. The molecule has 0 saturated heterocycles. The van der Waals surface area contributed by atoms with E-state index < -0.39 is 0 Å². The molecule has 0 aliphatic heterocycles. The Morgan fingerprint density at radius 2 is 2.33 bits per heavy atom. The largest absolute Gasteiger partial charge is 0.323 e. The minimum Gasteiger partial charge on any atom is -0.323 e. The zero-order valence-electron chi connectivity index (χ0n) is 10.8. The van der Waals surface area contributed by atoms with Crippen LogP contribution in [0.4, 0.5) is 0 Å². The van der Waals surface area contributed by atoms with E-state index in [-0.39, 0.29) is 6.04 Å². The van der Waals surface area contributed by atoms with Crippen molar-refractivity contribution in [3.05, 3.63) is 28.0 Å². The zero-order valence-corrected chi connectivity index (χ0v) is 11.7. The number of aryl methyl sites for hydroxylation is 3. The van der Waals surface area contributed by atoms with Crippen molar-refractivity contribution in [3.63, 3.8) is 0 Å². The van der Waals surface area contributed by atoms with E-state index in [0.29, 0.717) is 0 Å². The Hall–Kier alpha value is -1.27. The van der Waals surface area contributed by atoms with Crippen LogP contribution >= 0.6 is 11.3 Å². The van der Waals surface area contributed by atoms with Gasteiger partial charge < -0.3 is 5.73 Å². The lowest BCUT2D eigenvalue weighted by atomic mass is 10.1. The summed E-state index contributed by atoms with van der Waals surface area (Å²) >= 11 is 1.69. The lowest BCUT2D eigenvalue weighted by Gasteiger charge is -2.04. The molecule has 0 fully saturated rings. The van der Waals surface area contributed by atoms with Gasteiger partial charge in [-0.25, -0.2) is 4.98 Å². The maximum Gasteiger partial charge on any atom is 0.0994 e. The van der Waals surface area contributed by atoms with Crippen molar-refractivity contribution in [1.82, 2.24) is 20.0 Å². The SMILES string of the molecule is CCCC(N)c1cn(CCc2scnc2C)nn1. The fourth-order valence-electron chi connectivity index (χ4n) is 1.83. The number of nitrogens with two attached hydrogens (primary N) is 1. The maximum atomic E-state index is 6.01. The van der Waals surface area contributed by atoms with E-state index in [4.69, 9.17) is 5.73 Å². The van der Waals surface area contributed by atoms with Gasteiger partial charge in [-0.05, 0) is 13.3 Å². The molecule has 2 aromatic rings. The second-order valence-electron chi connectivity index (χ2n) is 4.41. The molecule has 0 aliphatic rings. The molecule has 0 saturated carbocycles. The van der Waals surface area contributed by atoms with Gasteiger partial charge in [0.05, 0.1) is 29.1 Å². The molecule has 18 heavy (non-hydrogen) atoms. The van der Waals surface area contributed by atoms with Crippen LogP contribution in [0, 0.1) is 6.92 Å². The van der Waals surface area contributed by atoms with Crippen LogP contribution in [0.2, 0.25) is 0 Å². The lowest BCUT2D eigenvalue weighted by molar-refractivity contribution is 0.589. The monoisotopic (exact) mass is 265 g/mol. The van der Waals surface area contributed by atoms with Crippen LogP contribution in [0.3, 0.4) is 0 Å². The molecule has 5 nitrogen and oxygen atoms in total. The molecule has 2 heterocycles. The molecule has 1 unspecified atom stereocenters. The van der Waals surface area contributed by atoms with Crippen LogP contribution in [0.25, 0.3) is 0 Å². The summed E-state index contributed by atoms with van der Waals surface area (Å²) in [5.41, 5.74) is 9.89. The van der Waals surface area contributed by atoms with E-state index >= 15 is 0 Å². The lowest BCUT2D eigenvalue weighted by Crippen LogP contribution is -2.10. The number of rotatable bonds is 6. The fourth-order valence-corrected chi connectivity index (χ4v) is 2.60. The predicted octanol–water partition coefficient (Wildman–Crippen LogP) is 2.09. The standard InChI is InChI=1S/C12H19N5S/c1-3-4-10(13)11-7-17(16-15-11)6-5-12-9(2)14-8-18-12/h7-8,10H,3-6,13H2,1-2H3. The molecular weight excluding hydrogens is 246 g/mol. The molecule has 0 amide bonds. The summed E-state index contributed by atoms with van der Waals surface area (Å²) in [4.78, 5) is 5.55. The second kappa shape index (κ2) is 6.06. The van der Waals surface area contributed by atoms with Gasteiger partial charge in [-0.1, -0.05) is 18.6 Å². The van der Waals surface area contributed by atoms with Gasteiger partial charge in [0.25, 0.3) is 0 Å². The highest BCUT2D eigenvalue weighted by Gasteiger charge is 2.10. The van der Waals surface area contributed by atoms with Gasteiger partial charge in [-0.3, -0.25) is 4.68 Å². The van der Waals surface area contributed by atoms with Gasteiger partial charge in [0.1, 0.15) is 0 Å². The highest BCUT2D eigenvalue weighted by Crippen LogP contribution is 2.15. The van der Waals surface area contributed by atoms with Crippen LogP contribution in [0.1, 0.15) is 42.1 Å². The van der Waals surface area contributed by atoms with Crippen LogP contribution in [-0.2, 0) is 13.0 Å². The summed E-state index contributed by atoms with van der Waals surface area (Å²) in [6.07, 6.45) is 4.92. The predicted molar refractivity (Wildman–Crippen MR) is 72.4 cm³/mol. The highest BCUT2D eigenvalue weighted by atomic mass is 32.1. The van der Waals surface area contributed by atoms with Crippen molar-refractivity contribution >= 4 is 11.3 Å². The molecule has 2 N–H and O–H groups in total. The normalized spacial score (nSPS) is 12.8. The summed E-state index contributed by atoms with van der Waals surface area (Å²) < 4.78 is 1.87. The van der Waals surface area contributed by atoms with E-state index in [1.54, 1.807) is 11.3 Å². The fraction of sp³-hybridized carbons (Fsp3) is 0.583. The maximum absolute atomic E-state index is 6.01. The Labute approximate surface area is 111 Å². The summed E-state index contributed by atoms with van der Waals surface area (Å²) in [7, 11) is 0. The molecule has 0 bridgehead atoms. The summed E-state index contributed by atoms with van der Waals surface area (Å²) in [5.74, 6) is 0. The van der Waals surface area contributed by atoms with Gasteiger partial charge in [0.2, 0.25) is 0 Å². The summed E-state index contributed by atoms with van der Waals surface area (Å²) in [5, 5.41) is 8.25. The molecule has 0 spiro atoms. The summed E-state index contributed by atoms with van der Waals surface area (Å²) in [6.45, 7) is 4.99. The molecule has 2 aromatic heterocycles. The third-order valence-corrected chi connectivity index (χ3v) is 3.94. The van der Waals surface area contributed by atoms with Crippen LogP contribution in [-0.4, -0.2) is 20.0 Å². The van der Waals surface area contributed by atoms with Crippen molar-refractivity contribution in [2.75, 3.05) is 0 Å². The Kier molecular flexibility index (Phi) is 4.43. The van der Waals surface area contributed by atoms with Crippen molar-refractivity contribution in [3.8, 4) is 0 Å². The van der Waals surface area contributed by atoms with E-state index in [0.717, 1.165) is 37.2 Å². The van der Waals surface area contributed by atoms with Gasteiger partial charge >= 0.3 is 0 Å². The van der Waals surface area contributed by atoms with Crippen LogP contribution in [0.15, 0.2) is 11.7 Å². The van der Waals surface area contributed by atoms with Crippen molar-refractivity contribution in [2.24, 2.45) is 5.73 Å². The smallest absolute Gasteiger partial charge is 0.0994 e. The Bertz CT molecular complexity index is 490. The van der Waals surface area contributed by atoms with E-state index in [2.05, 4.69) is 22.2 Å². The zero-order chi connectivity index (χ0) is 13.0. The topological polar surface area (TPSA) is 69.6 Å². The molecule has 2 rings (SSSR count). The Balaban J connectivity index is 1.93. The van der Waals surface area contributed by atoms with Crippen molar-refractivity contribution in [1.29, 1.82) is 0 Å². The van der Waals surface area contributed by atoms with Crippen molar-refractivity contribution < 1.29 is 0 Å². The molecule has 6 heteroatoms. The van der Waals surface area contributed by atoms with Gasteiger partial charge in [0, 0.05) is 17.8 Å². The highest BCUT2D eigenvalue weighted by molar-refractivity contribution is 7.09. The van der Waals surface area contributed by atoms with E-state index in [1.807, 2.05) is 23.3 Å². The van der Waals surface area contributed by atoms with Gasteiger partial charge in [-0.2, -0.15) is 0 Å². The quantitative estimate of drug-likeness (QED) is 0.868. The second-order valence-corrected chi connectivity index (χ2v) is 5.35. The van der Waals surface area contributed by atoms with Crippen LogP contribution < -0.4 is 5.73 Å². The molecule has 0 aromatic carbocycles. The number of aromatic nitrogens is 4. The van der Waals surface area contributed by atoms with Gasteiger partial charge in [0.15, 0.2) is 0 Å². The molecule has 98 valence electrons. The third kappa shape index (κ3) is 3.14. The van der Waals surface area contributed by atoms with Crippen molar-refractivity contribution in [2.45, 2.75) is 45.7 Å². The molecular formula is C12H19N5S. The first-order valence-corrected chi connectivity index (χ1v) is 7.13. The Morgan fingerprint density at radius 3 is 3.00 bits per heavy atom. The third-order valence-electron chi connectivity index (χ3n) is 2.95.